The van der Waals surface area contributed by atoms with Gasteiger partial charge in [-0.05, 0) is 25.9 Å². The van der Waals surface area contributed by atoms with Crippen LogP contribution in [0.2, 0.25) is 0 Å². The van der Waals surface area contributed by atoms with Gasteiger partial charge in [0.05, 0.1) is 12.9 Å². The molecule has 2 heterocycles. The summed E-state index contributed by atoms with van der Waals surface area (Å²) < 4.78 is 2.01. The normalized spacial score (nSPS) is 20.9. The van der Waals surface area contributed by atoms with Gasteiger partial charge in [-0.2, -0.15) is 0 Å². The maximum absolute atomic E-state index is 5.87. The van der Waals surface area contributed by atoms with Crippen molar-refractivity contribution in [3.05, 3.63) is 18.7 Å². The average Bonchev–Trinajstić information content (AvgIpc) is 3.07. The third-order valence-corrected chi connectivity index (χ3v) is 3.61. The molecule has 0 saturated carbocycles. The van der Waals surface area contributed by atoms with E-state index in [9.17, 15) is 0 Å². The highest BCUT2D eigenvalue weighted by Gasteiger charge is 2.22. The van der Waals surface area contributed by atoms with Crippen LogP contribution in [0.4, 0.5) is 0 Å². The lowest BCUT2D eigenvalue weighted by molar-refractivity contribution is 0.273. The summed E-state index contributed by atoms with van der Waals surface area (Å²) in [6.07, 6.45) is 8.03. The van der Waals surface area contributed by atoms with E-state index in [1.54, 1.807) is 12.5 Å². The number of likely N-dealkylation sites (tertiary alicyclic amines) is 1. The first-order valence-electron chi connectivity index (χ1n) is 7.03. The molecule has 0 bridgehead atoms. The molecule has 1 aliphatic rings. The summed E-state index contributed by atoms with van der Waals surface area (Å²) in [6, 6.07) is 0.569. The maximum atomic E-state index is 5.87. The van der Waals surface area contributed by atoms with Crippen molar-refractivity contribution in [2.45, 2.75) is 32.4 Å². The Bertz CT molecular complexity index is 386. The number of aliphatic imine (C=N–C) groups is 1. The molecular weight excluding hydrogens is 240 g/mol. The van der Waals surface area contributed by atoms with E-state index in [0.29, 0.717) is 12.0 Å². The molecule has 1 atom stereocenters. The molecule has 1 saturated heterocycles. The number of guanidine groups is 1. The lowest BCUT2D eigenvalue weighted by Gasteiger charge is -2.20. The van der Waals surface area contributed by atoms with Crippen LogP contribution in [0.25, 0.3) is 0 Å². The highest BCUT2D eigenvalue weighted by molar-refractivity contribution is 5.77. The van der Waals surface area contributed by atoms with Gasteiger partial charge in [-0.3, -0.25) is 9.89 Å². The zero-order valence-electron chi connectivity index (χ0n) is 11.6. The van der Waals surface area contributed by atoms with E-state index in [1.165, 1.54) is 19.4 Å². The van der Waals surface area contributed by atoms with Gasteiger partial charge in [0.15, 0.2) is 5.96 Å². The number of nitrogens with one attached hydrogen (secondary N) is 1. The van der Waals surface area contributed by atoms with Gasteiger partial charge in [-0.25, -0.2) is 4.98 Å². The molecule has 0 radical (unpaired) electrons. The van der Waals surface area contributed by atoms with Crippen molar-refractivity contribution in [1.82, 2.24) is 19.8 Å². The number of rotatable bonds is 6. The Kier molecular flexibility index (Phi) is 5.20. The van der Waals surface area contributed by atoms with E-state index >= 15 is 0 Å². The van der Waals surface area contributed by atoms with Crippen LogP contribution in [0, 0.1) is 0 Å². The Hall–Kier alpha value is -1.56. The highest BCUT2D eigenvalue weighted by Crippen LogP contribution is 2.16. The van der Waals surface area contributed by atoms with Crippen LogP contribution >= 0.6 is 0 Å². The lowest BCUT2D eigenvalue weighted by atomic mass is 10.2. The second-order valence-corrected chi connectivity index (χ2v) is 4.88. The molecular formula is C13H24N6. The number of imidazole rings is 1. The van der Waals surface area contributed by atoms with Crippen molar-refractivity contribution in [3.8, 4) is 0 Å². The van der Waals surface area contributed by atoms with Crippen molar-refractivity contribution in [3.63, 3.8) is 0 Å². The fraction of sp³-hybridized carbons (Fsp3) is 0.692. The van der Waals surface area contributed by atoms with Gasteiger partial charge in [0, 0.05) is 31.5 Å². The van der Waals surface area contributed by atoms with Gasteiger partial charge in [-0.1, -0.05) is 6.92 Å². The van der Waals surface area contributed by atoms with Crippen LogP contribution in [0.3, 0.4) is 0 Å². The zero-order chi connectivity index (χ0) is 13.5. The van der Waals surface area contributed by atoms with Crippen LogP contribution in [0.1, 0.15) is 19.8 Å². The third kappa shape index (κ3) is 4.24. The van der Waals surface area contributed by atoms with Crippen LogP contribution in [0.5, 0.6) is 0 Å². The Morgan fingerprint density at radius 2 is 2.47 bits per heavy atom. The van der Waals surface area contributed by atoms with Gasteiger partial charge >= 0.3 is 0 Å². The van der Waals surface area contributed by atoms with Crippen LogP contribution in [-0.4, -0.2) is 52.6 Å². The van der Waals surface area contributed by atoms with Gasteiger partial charge in [-0.15, -0.1) is 0 Å². The smallest absolute Gasteiger partial charge is 0.188 e. The molecule has 6 nitrogen and oxygen atoms in total. The molecule has 0 aliphatic carbocycles. The Morgan fingerprint density at radius 3 is 3.21 bits per heavy atom. The molecule has 106 valence electrons. The average molecular weight is 264 g/mol. The summed E-state index contributed by atoms with van der Waals surface area (Å²) in [4.78, 5) is 10.9. The molecule has 1 fully saturated rings. The fourth-order valence-corrected chi connectivity index (χ4v) is 2.51. The van der Waals surface area contributed by atoms with Gasteiger partial charge in [0.1, 0.15) is 0 Å². The molecule has 1 aromatic heterocycles. The predicted molar refractivity (Wildman–Crippen MR) is 77.0 cm³/mol. The van der Waals surface area contributed by atoms with Crippen LogP contribution < -0.4 is 11.1 Å². The first kappa shape index (κ1) is 13.9. The Balaban J connectivity index is 1.67. The van der Waals surface area contributed by atoms with Gasteiger partial charge in [0.2, 0.25) is 0 Å². The summed E-state index contributed by atoms with van der Waals surface area (Å²) in [7, 11) is 0. The second kappa shape index (κ2) is 7.13. The van der Waals surface area contributed by atoms with E-state index in [-0.39, 0.29) is 0 Å². The Labute approximate surface area is 114 Å². The number of likely N-dealkylation sites (N-methyl/N-ethyl adjacent to an activating group) is 1. The first-order valence-corrected chi connectivity index (χ1v) is 7.03. The summed E-state index contributed by atoms with van der Waals surface area (Å²) >= 11 is 0. The third-order valence-electron chi connectivity index (χ3n) is 3.61. The summed E-state index contributed by atoms with van der Waals surface area (Å²) in [5.74, 6) is 0.545. The van der Waals surface area contributed by atoms with E-state index < -0.39 is 0 Å². The molecule has 1 aromatic rings. The molecule has 2 rings (SSSR count). The van der Waals surface area contributed by atoms with Crippen LogP contribution in [-0.2, 0) is 6.54 Å². The number of aromatic nitrogens is 2. The highest BCUT2D eigenvalue weighted by atomic mass is 15.2. The minimum absolute atomic E-state index is 0.545. The lowest BCUT2D eigenvalue weighted by Crippen LogP contribution is -2.36. The number of hydrogen-bond donors (Lipinski definition) is 2. The standard InChI is InChI=1S/C13H24N6/c1-2-19-7-3-4-12(19)10-17-13(14)16-6-9-18-8-5-15-11-18/h5,8,11-12H,2-4,6-7,9-10H2,1H3,(H3,14,16,17). The fourth-order valence-electron chi connectivity index (χ4n) is 2.51. The number of hydrogen-bond acceptors (Lipinski definition) is 3. The Morgan fingerprint density at radius 1 is 1.58 bits per heavy atom. The largest absolute Gasteiger partial charge is 0.370 e. The molecule has 0 spiro atoms. The zero-order valence-corrected chi connectivity index (χ0v) is 11.6. The number of nitrogens with two attached hydrogens (primary N) is 1. The quantitative estimate of drug-likeness (QED) is 0.571. The minimum atomic E-state index is 0.545. The van der Waals surface area contributed by atoms with Crippen molar-refractivity contribution in [2.75, 3.05) is 26.2 Å². The van der Waals surface area contributed by atoms with Crippen molar-refractivity contribution < 1.29 is 0 Å². The first-order chi connectivity index (χ1) is 9.29. The van der Waals surface area contributed by atoms with Crippen molar-refractivity contribution >= 4 is 5.96 Å². The SMILES string of the molecule is CCN1CCCC1CN=C(N)NCCn1ccnc1. The maximum Gasteiger partial charge on any atom is 0.188 e. The molecule has 1 unspecified atom stereocenters. The van der Waals surface area contributed by atoms with E-state index in [0.717, 1.165) is 26.2 Å². The van der Waals surface area contributed by atoms with Crippen LogP contribution in [0.15, 0.2) is 23.7 Å². The molecule has 0 aromatic carbocycles. The monoisotopic (exact) mass is 264 g/mol. The number of nitrogens with zero attached hydrogens (tertiary/aromatic N) is 4. The summed E-state index contributed by atoms with van der Waals surface area (Å²) in [5, 5.41) is 3.14. The molecule has 6 heteroatoms. The second-order valence-electron chi connectivity index (χ2n) is 4.88. The van der Waals surface area contributed by atoms with Crippen molar-refractivity contribution in [1.29, 1.82) is 0 Å². The van der Waals surface area contributed by atoms with E-state index in [2.05, 4.69) is 27.1 Å². The minimum Gasteiger partial charge on any atom is -0.370 e. The van der Waals surface area contributed by atoms with E-state index in [4.69, 9.17) is 5.73 Å². The summed E-state index contributed by atoms with van der Waals surface area (Å²) in [6.45, 7) is 6.93. The molecule has 19 heavy (non-hydrogen) atoms. The molecule has 1 aliphatic heterocycles. The summed E-state index contributed by atoms with van der Waals surface area (Å²) in [5.41, 5.74) is 5.87. The topological polar surface area (TPSA) is 71.5 Å². The predicted octanol–water partition coefficient (Wildman–Crippen LogP) is 0.272. The molecule has 0 amide bonds. The van der Waals surface area contributed by atoms with Gasteiger partial charge < -0.3 is 15.6 Å². The van der Waals surface area contributed by atoms with E-state index in [1.807, 2.05) is 10.8 Å². The molecule has 3 N–H and O–H groups in total. The van der Waals surface area contributed by atoms with Gasteiger partial charge in [0.25, 0.3) is 0 Å². The van der Waals surface area contributed by atoms with Crippen molar-refractivity contribution in [2.24, 2.45) is 10.7 Å².